The molecule has 10 nitrogen and oxygen atoms in total. The van der Waals surface area contributed by atoms with Crippen LogP contribution in [0.15, 0.2) is 71.3 Å². The molecule has 4 aromatic rings. The van der Waals surface area contributed by atoms with E-state index < -0.39 is 6.04 Å². The summed E-state index contributed by atoms with van der Waals surface area (Å²) in [6.07, 6.45) is 1.93. The van der Waals surface area contributed by atoms with E-state index in [9.17, 15) is 9.59 Å². The van der Waals surface area contributed by atoms with Crippen molar-refractivity contribution in [2.75, 3.05) is 25.6 Å². The maximum Gasteiger partial charge on any atom is 0.254 e. The molecule has 0 aliphatic heterocycles. The molecule has 44 heavy (non-hydrogen) atoms. The number of carbonyl (C=O) groups is 2. The van der Waals surface area contributed by atoms with E-state index in [1.807, 2.05) is 69.0 Å². The molecule has 0 aliphatic carbocycles. The van der Waals surface area contributed by atoms with Crippen LogP contribution in [0.4, 0.5) is 5.82 Å². The van der Waals surface area contributed by atoms with Crippen molar-refractivity contribution in [2.24, 2.45) is 5.73 Å². The number of methoxy groups -OCH3 is 1. The fourth-order valence-corrected chi connectivity index (χ4v) is 4.98. The molecule has 0 saturated carbocycles. The second-order valence-corrected chi connectivity index (χ2v) is 11.1. The Balaban J connectivity index is 1.23. The van der Waals surface area contributed by atoms with Gasteiger partial charge in [0.05, 0.1) is 31.8 Å². The zero-order valence-corrected chi connectivity index (χ0v) is 26.0. The highest BCUT2D eigenvalue weighted by molar-refractivity contribution is 6.01. The zero-order chi connectivity index (χ0) is 31.6. The number of unbranched alkanes of at least 4 members (excludes halogenated alkanes) is 1. The summed E-state index contributed by atoms with van der Waals surface area (Å²) in [6, 6.07) is 19.7. The van der Waals surface area contributed by atoms with E-state index in [2.05, 4.69) is 10.5 Å². The van der Waals surface area contributed by atoms with Gasteiger partial charge in [0.1, 0.15) is 5.75 Å². The van der Waals surface area contributed by atoms with Gasteiger partial charge in [-0.1, -0.05) is 35.5 Å². The minimum Gasteiger partial charge on any atom is -0.493 e. The van der Waals surface area contributed by atoms with Crippen LogP contribution in [0.1, 0.15) is 56.5 Å². The molecule has 1 unspecified atom stereocenters. The summed E-state index contributed by atoms with van der Waals surface area (Å²) in [5.74, 6) is 1.69. The molecule has 0 aliphatic rings. The van der Waals surface area contributed by atoms with Crippen molar-refractivity contribution in [2.45, 2.75) is 65.1 Å². The van der Waals surface area contributed by atoms with E-state index in [0.717, 1.165) is 18.4 Å². The SMILES string of the molecule is COc1cc(C(=O)N(C(C)C)C(C)C)ccc1OCCCCOc1ccc2c(NC(=O)C(N)Cc3ccccc3)noc2c1. The molecule has 0 saturated heterocycles. The molecule has 0 bridgehead atoms. The number of anilines is 1. The highest BCUT2D eigenvalue weighted by atomic mass is 16.5. The molecule has 4 rings (SSSR count). The topological polar surface area (TPSA) is 129 Å². The predicted octanol–water partition coefficient (Wildman–Crippen LogP) is 5.84. The Kier molecular flexibility index (Phi) is 11.2. The Bertz CT molecular complexity index is 1530. The summed E-state index contributed by atoms with van der Waals surface area (Å²) in [5, 5.41) is 7.43. The summed E-state index contributed by atoms with van der Waals surface area (Å²) in [7, 11) is 1.57. The first kappa shape index (κ1) is 32.3. The standard InChI is InChI=1S/C34H42N4O6/c1-22(2)38(23(3)4)34(40)25-13-16-29(31(20-25)41-5)43-18-10-9-17-42-26-14-15-27-30(21-26)44-37-32(27)36-33(39)28(35)19-24-11-7-6-8-12-24/h6-8,11-16,20-23,28H,9-10,17-19,35H2,1-5H3,(H,36,37,39). The van der Waals surface area contributed by atoms with Gasteiger partial charge in [0.25, 0.3) is 5.91 Å². The highest BCUT2D eigenvalue weighted by Crippen LogP contribution is 2.30. The monoisotopic (exact) mass is 602 g/mol. The number of benzene rings is 3. The number of amides is 2. The number of hydrogen-bond donors (Lipinski definition) is 2. The average molecular weight is 603 g/mol. The van der Waals surface area contributed by atoms with Crippen LogP contribution >= 0.6 is 0 Å². The number of nitrogens with one attached hydrogen (secondary N) is 1. The smallest absolute Gasteiger partial charge is 0.254 e. The van der Waals surface area contributed by atoms with Gasteiger partial charge in [0.2, 0.25) is 5.91 Å². The van der Waals surface area contributed by atoms with Gasteiger partial charge < -0.3 is 34.7 Å². The van der Waals surface area contributed by atoms with Crippen molar-refractivity contribution in [3.05, 3.63) is 77.9 Å². The Hall–Kier alpha value is -4.57. The van der Waals surface area contributed by atoms with Crippen LogP contribution < -0.4 is 25.3 Å². The van der Waals surface area contributed by atoms with E-state index in [1.165, 1.54) is 0 Å². The number of aromatic nitrogens is 1. The molecule has 2 amide bonds. The summed E-state index contributed by atoms with van der Waals surface area (Å²) in [5.41, 5.74) is 8.14. The molecule has 10 heteroatoms. The van der Waals surface area contributed by atoms with Gasteiger partial charge in [0.15, 0.2) is 22.9 Å². The van der Waals surface area contributed by atoms with Crippen molar-refractivity contribution < 1.29 is 28.3 Å². The van der Waals surface area contributed by atoms with Crippen molar-refractivity contribution in [3.63, 3.8) is 0 Å². The minimum absolute atomic E-state index is 0.0375. The lowest BCUT2D eigenvalue weighted by Gasteiger charge is -2.31. The van der Waals surface area contributed by atoms with Crippen LogP contribution in [0, 0.1) is 0 Å². The molecule has 0 spiro atoms. The van der Waals surface area contributed by atoms with Gasteiger partial charge in [-0.25, -0.2) is 0 Å². The van der Waals surface area contributed by atoms with E-state index in [4.69, 9.17) is 24.5 Å². The first-order valence-corrected chi connectivity index (χ1v) is 14.9. The third-order valence-corrected chi connectivity index (χ3v) is 7.14. The highest BCUT2D eigenvalue weighted by Gasteiger charge is 2.23. The molecular formula is C34H42N4O6. The number of hydrogen-bond acceptors (Lipinski definition) is 8. The number of carbonyl (C=O) groups excluding carboxylic acids is 2. The molecule has 3 N–H and O–H groups in total. The molecule has 1 aromatic heterocycles. The van der Waals surface area contributed by atoms with Crippen LogP contribution in [0.2, 0.25) is 0 Å². The predicted molar refractivity (Wildman–Crippen MR) is 170 cm³/mol. The van der Waals surface area contributed by atoms with Crippen LogP contribution in [-0.2, 0) is 11.2 Å². The van der Waals surface area contributed by atoms with Crippen molar-refractivity contribution >= 4 is 28.6 Å². The Morgan fingerprint density at radius 1 is 0.909 bits per heavy atom. The van der Waals surface area contributed by atoms with Gasteiger partial charge >= 0.3 is 0 Å². The van der Waals surface area contributed by atoms with Crippen molar-refractivity contribution in [3.8, 4) is 17.2 Å². The second kappa shape index (κ2) is 15.2. The average Bonchev–Trinajstić information content (AvgIpc) is 3.40. The van der Waals surface area contributed by atoms with Crippen LogP contribution in [0.3, 0.4) is 0 Å². The molecule has 1 heterocycles. The van der Waals surface area contributed by atoms with Gasteiger partial charge in [-0.2, -0.15) is 0 Å². The van der Waals surface area contributed by atoms with E-state index in [0.29, 0.717) is 59.2 Å². The second-order valence-electron chi connectivity index (χ2n) is 11.1. The van der Waals surface area contributed by atoms with Gasteiger partial charge in [-0.05, 0) is 82.9 Å². The number of nitrogens with two attached hydrogens (primary N) is 1. The minimum atomic E-state index is -0.717. The third-order valence-electron chi connectivity index (χ3n) is 7.14. The van der Waals surface area contributed by atoms with E-state index in [1.54, 1.807) is 37.4 Å². The Morgan fingerprint density at radius 3 is 2.30 bits per heavy atom. The Labute approximate surface area is 258 Å². The fraction of sp³-hybridized carbons (Fsp3) is 0.382. The lowest BCUT2D eigenvalue weighted by Crippen LogP contribution is -2.42. The molecule has 0 fully saturated rings. The maximum absolute atomic E-state index is 13.0. The summed E-state index contributed by atoms with van der Waals surface area (Å²) < 4.78 is 22.8. The van der Waals surface area contributed by atoms with E-state index >= 15 is 0 Å². The normalized spacial score (nSPS) is 11.9. The zero-order valence-electron chi connectivity index (χ0n) is 26.0. The summed E-state index contributed by atoms with van der Waals surface area (Å²) in [4.78, 5) is 27.5. The van der Waals surface area contributed by atoms with Crippen molar-refractivity contribution in [1.29, 1.82) is 0 Å². The molecule has 234 valence electrons. The lowest BCUT2D eigenvalue weighted by molar-refractivity contribution is -0.117. The largest absolute Gasteiger partial charge is 0.493 e. The van der Waals surface area contributed by atoms with Gasteiger partial charge in [0, 0.05) is 23.7 Å². The number of ether oxygens (including phenoxy) is 3. The van der Waals surface area contributed by atoms with E-state index in [-0.39, 0.29) is 23.9 Å². The van der Waals surface area contributed by atoms with Crippen LogP contribution in [0.5, 0.6) is 17.2 Å². The summed E-state index contributed by atoms with van der Waals surface area (Å²) in [6.45, 7) is 8.97. The van der Waals surface area contributed by atoms with Gasteiger partial charge in [-0.3, -0.25) is 9.59 Å². The molecular weight excluding hydrogens is 560 g/mol. The lowest BCUT2D eigenvalue weighted by atomic mass is 10.1. The number of nitrogens with zero attached hydrogens (tertiary/aromatic N) is 2. The Morgan fingerprint density at radius 2 is 1.61 bits per heavy atom. The van der Waals surface area contributed by atoms with Crippen LogP contribution in [-0.4, -0.2) is 60.3 Å². The molecule has 0 radical (unpaired) electrons. The maximum atomic E-state index is 13.0. The first-order chi connectivity index (χ1) is 21.2. The number of rotatable bonds is 15. The third kappa shape index (κ3) is 8.29. The number of fused-ring (bicyclic) bond motifs is 1. The van der Waals surface area contributed by atoms with Crippen molar-refractivity contribution in [1.82, 2.24) is 10.1 Å². The first-order valence-electron chi connectivity index (χ1n) is 14.9. The summed E-state index contributed by atoms with van der Waals surface area (Å²) >= 11 is 0. The quantitative estimate of drug-likeness (QED) is 0.162. The molecule has 3 aromatic carbocycles. The van der Waals surface area contributed by atoms with Gasteiger partial charge in [-0.15, -0.1) is 0 Å². The fourth-order valence-electron chi connectivity index (χ4n) is 4.98. The van der Waals surface area contributed by atoms with Crippen LogP contribution in [0.25, 0.3) is 11.0 Å². The molecule has 1 atom stereocenters.